The molecule has 1 unspecified atom stereocenters. The molecule has 2 rings (SSSR count). The molecule has 18 heavy (non-hydrogen) atoms. The van der Waals surface area contributed by atoms with Crippen molar-refractivity contribution in [2.45, 2.75) is 26.7 Å². The molecular weight excluding hydrogens is 226 g/mol. The molecule has 0 aromatic heterocycles. The average Bonchev–Trinajstić information content (AvgIpc) is 2.85. The molecule has 0 bridgehead atoms. The van der Waals surface area contributed by atoms with Crippen molar-refractivity contribution in [2.75, 3.05) is 20.2 Å². The van der Waals surface area contributed by atoms with Crippen LogP contribution in [0.1, 0.15) is 34.3 Å². The maximum absolute atomic E-state index is 12.3. The minimum absolute atomic E-state index is 0.256. The lowest BCUT2D eigenvalue weighted by molar-refractivity contribution is 0.0964. The molecule has 1 aromatic carbocycles. The largest absolute Gasteiger partial charge is 0.496 e. The minimum atomic E-state index is 0.256. The van der Waals surface area contributed by atoms with Crippen LogP contribution in [0.2, 0.25) is 0 Å². The highest BCUT2D eigenvalue weighted by atomic mass is 16.5. The van der Waals surface area contributed by atoms with Crippen LogP contribution in [0, 0.1) is 19.8 Å². The Bertz CT molecular complexity index is 448. The Kier molecular flexibility index (Phi) is 4.02. The Morgan fingerprint density at radius 3 is 2.78 bits per heavy atom. The Morgan fingerprint density at radius 1 is 1.39 bits per heavy atom. The zero-order valence-corrected chi connectivity index (χ0v) is 11.4. The van der Waals surface area contributed by atoms with Crippen LogP contribution in [0.5, 0.6) is 5.75 Å². The lowest BCUT2D eigenvalue weighted by Crippen LogP contribution is -2.14. The predicted octanol–water partition coefficient (Wildman–Crippen LogP) is 2.49. The van der Waals surface area contributed by atoms with Gasteiger partial charge in [0.15, 0.2) is 5.78 Å². The van der Waals surface area contributed by atoms with E-state index in [0.717, 1.165) is 42.0 Å². The third-order valence-corrected chi connectivity index (χ3v) is 3.89. The molecule has 0 radical (unpaired) electrons. The second-order valence-electron chi connectivity index (χ2n) is 5.05. The molecule has 1 N–H and O–H groups in total. The number of carbonyl (C=O) groups is 1. The number of ether oxygens (including phenoxy) is 1. The van der Waals surface area contributed by atoms with Crippen molar-refractivity contribution in [1.29, 1.82) is 0 Å². The Hall–Kier alpha value is -1.35. The van der Waals surface area contributed by atoms with Gasteiger partial charge < -0.3 is 10.1 Å². The quantitative estimate of drug-likeness (QED) is 0.831. The molecule has 1 saturated heterocycles. The molecule has 3 nitrogen and oxygen atoms in total. The van der Waals surface area contributed by atoms with Crippen molar-refractivity contribution >= 4 is 5.78 Å². The summed E-state index contributed by atoms with van der Waals surface area (Å²) in [5.74, 6) is 1.61. The van der Waals surface area contributed by atoms with Gasteiger partial charge >= 0.3 is 0 Å². The summed E-state index contributed by atoms with van der Waals surface area (Å²) in [6, 6.07) is 3.79. The van der Waals surface area contributed by atoms with Crippen molar-refractivity contribution in [3.63, 3.8) is 0 Å². The molecule has 0 amide bonds. The van der Waals surface area contributed by atoms with E-state index in [0.29, 0.717) is 12.3 Å². The van der Waals surface area contributed by atoms with Gasteiger partial charge in [-0.3, -0.25) is 4.79 Å². The van der Waals surface area contributed by atoms with E-state index in [1.165, 1.54) is 0 Å². The van der Waals surface area contributed by atoms with Crippen LogP contribution in [0.25, 0.3) is 0 Å². The van der Waals surface area contributed by atoms with E-state index in [1.54, 1.807) is 7.11 Å². The Labute approximate surface area is 109 Å². The molecule has 0 saturated carbocycles. The van der Waals surface area contributed by atoms with Crippen molar-refractivity contribution in [1.82, 2.24) is 5.32 Å². The van der Waals surface area contributed by atoms with Gasteiger partial charge in [0.05, 0.1) is 7.11 Å². The number of Topliss-reactive ketones (excluding diaryl/α,β-unsaturated/α-hetero) is 1. The second kappa shape index (κ2) is 5.53. The van der Waals surface area contributed by atoms with Crippen molar-refractivity contribution in [3.8, 4) is 5.75 Å². The number of benzene rings is 1. The summed E-state index contributed by atoms with van der Waals surface area (Å²) in [4.78, 5) is 12.3. The molecule has 98 valence electrons. The fourth-order valence-electron chi connectivity index (χ4n) is 2.58. The highest BCUT2D eigenvalue weighted by Gasteiger charge is 2.20. The summed E-state index contributed by atoms with van der Waals surface area (Å²) >= 11 is 0. The van der Waals surface area contributed by atoms with Gasteiger partial charge in [0.1, 0.15) is 5.75 Å². The van der Waals surface area contributed by atoms with Crippen LogP contribution in [0.3, 0.4) is 0 Å². The monoisotopic (exact) mass is 247 g/mol. The van der Waals surface area contributed by atoms with Crippen molar-refractivity contribution in [2.24, 2.45) is 5.92 Å². The third kappa shape index (κ3) is 2.56. The van der Waals surface area contributed by atoms with Crippen LogP contribution in [-0.2, 0) is 0 Å². The third-order valence-electron chi connectivity index (χ3n) is 3.89. The first-order chi connectivity index (χ1) is 8.63. The zero-order valence-electron chi connectivity index (χ0n) is 11.4. The number of hydrogen-bond donors (Lipinski definition) is 1. The molecule has 3 heteroatoms. The maximum atomic E-state index is 12.3. The van der Waals surface area contributed by atoms with E-state index >= 15 is 0 Å². The van der Waals surface area contributed by atoms with Gasteiger partial charge in [-0.2, -0.15) is 0 Å². The van der Waals surface area contributed by atoms with E-state index in [9.17, 15) is 4.79 Å². The fourth-order valence-corrected chi connectivity index (χ4v) is 2.58. The number of nitrogens with one attached hydrogen (secondary N) is 1. The summed E-state index contributed by atoms with van der Waals surface area (Å²) in [6.07, 6.45) is 1.76. The normalized spacial score (nSPS) is 18.9. The molecule has 0 aliphatic carbocycles. The van der Waals surface area contributed by atoms with Gasteiger partial charge in [-0.25, -0.2) is 0 Å². The number of hydrogen-bond acceptors (Lipinski definition) is 3. The minimum Gasteiger partial charge on any atom is -0.496 e. The fraction of sp³-hybridized carbons (Fsp3) is 0.533. The molecule has 1 heterocycles. The Balaban J connectivity index is 2.17. The van der Waals surface area contributed by atoms with E-state index in [-0.39, 0.29) is 5.78 Å². The van der Waals surface area contributed by atoms with E-state index in [4.69, 9.17) is 4.74 Å². The molecule has 0 spiro atoms. The molecule has 1 aliphatic rings. The SMILES string of the molecule is COc1ccc(C(=O)CC2CCNC2)c(C)c1C. The zero-order chi connectivity index (χ0) is 13.1. The van der Waals surface area contributed by atoms with Crippen molar-refractivity contribution < 1.29 is 9.53 Å². The molecule has 1 atom stereocenters. The number of rotatable bonds is 4. The molecule has 1 fully saturated rings. The summed E-state index contributed by atoms with van der Waals surface area (Å²) in [5, 5.41) is 3.30. The van der Waals surface area contributed by atoms with Gasteiger partial charge in [0.2, 0.25) is 0 Å². The van der Waals surface area contributed by atoms with Gasteiger partial charge in [0, 0.05) is 12.0 Å². The lowest BCUT2D eigenvalue weighted by atomic mass is 9.93. The summed E-state index contributed by atoms with van der Waals surface area (Å²) < 4.78 is 5.27. The van der Waals surface area contributed by atoms with Gasteiger partial charge in [-0.15, -0.1) is 0 Å². The van der Waals surface area contributed by atoms with Crippen LogP contribution < -0.4 is 10.1 Å². The maximum Gasteiger partial charge on any atom is 0.163 e. The molecule has 1 aromatic rings. The highest BCUT2D eigenvalue weighted by molar-refractivity contribution is 5.98. The van der Waals surface area contributed by atoms with Crippen LogP contribution in [-0.4, -0.2) is 26.0 Å². The Morgan fingerprint density at radius 2 is 2.17 bits per heavy atom. The van der Waals surface area contributed by atoms with Crippen LogP contribution in [0.15, 0.2) is 12.1 Å². The second-order valence-corrected chi connectivity index (χ2v) is 5.05. The number of ketones is 1. The topological polar surface area (TPSA) is 38.3 Å². The standard InChI is InChI=1S/C15H21NO2/c1-10-11(2)15(18-3)5-4-13(10)14(17)8-12-6-7-16-9-12/h4-5,12,16H,6-9H2,1-3H3. The lowest BCUT2D eigenvalue weighted by Gasteiger charge is -2.13. The number of carbonyl (C=O) groups excluding carboxylic acids is 1. The van der Waals surface area contributed by atoms with E-state index < -0.39 is 0 Å². The first kappa shape index (κ1) is 13.1. The van der Waals surface area contributed by atoms with Gasteiger partial charge in [0.25, 0.3) is 0 Å². The van der Waals surface area contributed by atoms with Crippen molar-refractivity contribution in [3.05, 3.63) is 28.8 Å². The van der Waals surface area contributed by atoms with E-state index in [2.05, 4.69) is 5.32 Å². The smallest absolute Gasteiger partial charge is 0.163 e. The highest BCUT2D eigenvalue weighted by Crippen LogP contribution is 2.26. The molecular formula is C15H21NO2. The predicted molar refractivity (Wildman–Crippen MR) is 72.4 cm³/mol. The molecule has 1 aliphatic heterocycles. The summed E-state index contributed by atoms with van der Waals surface area (Å²) in [7, 11) is 1.66. The first-order valence-electron chi connectivity index (χ1n) is 6.51. The first-order valence-corrected chi connectivity index (χ1v) is 6.51. The summed E-state index contributed by atoms with van der Waals surface area (Å²) in [5.41, 5.74) is 2.96. The van der Waals surface area contributed by atoms with Gasteiger partial charge in [-0.1, -0.05) is 0 Å². The average molecular weight is 247 g/mol. The van der Waals surface area contributed by atoms with E-state index in [1.807, 2.05) is 26.0 Å². The summed E-state index contributed by atoms with van der Waals surface area (Å²) in [6.45, 7) is 6.01. The van der Waals surface area contributed by atoms with Crippen LogP contribution in [0.4, 0.5) is 0 Å². The number of methoxy groups -OCH3 is 1. The van der Waals surface area contributed by atoms with Crippen LogP contribution >= 0.6 is 0 Å². The van der Waals surface area contributed by atoms with Gasteiger partial charge in [-0.05, 0) is 62.5 Å².